The van der Waals surface area contributed by atoms with Gasteiger partial charge in [-0.2, -0.15) is 0 Å². The highest BCUT2D eigenvalue weighted by atomic mass is 32.5. The molecule has 22 heteroatoms. The molecule has 2 aliphatic heterocycles. The SMILES string of the molecule is CN[C@@H]1[C@H](O)[C@@H](COP(O)(=S)OP(=O)(O)OC2OC([C@@H](F)CO)C(O)C(O)C2O)O[C@H]1c1csc2c(N)ncnc12. The maximum absolute atomic E-state index is 13.9. The molecule has 4 heterocycles. The van der Waals surface area contributed by atoms with Crippen LogP contribution in [0.1, 0.15) is 11.7 Å². The molecule has 2 aromatic rings. The van der Waals surface area contributed by atoms with Crippen molar-refractivity contribution >= 4 is 53.7 Å². The van der Waals surface area contributed by atoms with Crippen LogP contribution in [-0.2, 0) is 39.2 Å². The van der Waals surface area contributed by atoms with E-state index >= 15 is 0 Å². The maximum atomic E-state index is 13.9. The third-order valence-electron chi connectivity index (χ3n) is 6.43. The lowest BCUT2D eigenvalue weighted by molar-refractivity contribution is -0.287. The van der Waals surface area contributed by atoms with Crippen molar-refractivity contribution in [2.45, 2.75) is 61.2 Å². The average molecular weight is 667 g/mol. The highest BCUT2D eigenvalue weighted by Gasteiger charge is 2.51. The summed E-state index contributed by atoms with van der Waals surface area (Å²) in [5.74, 6) is 0.268. The summed E-state index contributed by atoms with van der Waals surface area (Å²) in [4.78, 5) is 28.7. The van der Waals surface area contributed by atoms with Crippen molar-refractivity contribution in [3.05, 3.63) is 17.3 Å². The molecule has 0 radical (unpaired) electrons. The lowest BCUT2D eigenvalue weighted by Gasteiger charge is -2.41. The van der Waals surface area contributed by atoms with E-state index in [1.807, 2.05) is 0 Å². The zero-order chi connectivity index (χ0) is 30.3. The molecule has 12 atom stereocenters. The van der Waals surface area contributed by atoms with Crippen LogP contribution < -0.4 is 11.1 Å². The molecule has 0 spiro atoms. The van der Waals surface area contributed by atoms with Gasteiger partial charge >= 0.3 is 14.5 Å². The molecule has 10 N–H and O–H groups in total. The first-order chi connectivity index (χ1) is 19.2. The number of aliphatic hydroxyl groups excluding tert-OH is 5. The Hall–Kier alpha value is -0.870. The molecular weight excluding hydrogens is 637 g/mol. The van der Waals surface area contributed by atoms with Gasteiger partial charge in [0.05, 0.1) is 29.5 Å². The Balaban J connectivity index is 1.40. The van der Waals surface area contributed by atoms with Crippen molar-refractivity contribution in [2.24, 2.45) is 0 Å². The smallest absolute Gasteiger partial charge is 0.393 e. The Bertz CT molecular complexity index is 1310. The largest absolute Gasteiger partial charge is 0.481 e. The first-order valence-corrected chi connectivity index (χ1v) is 16.8. The van der Waals surface area contributed by atoms with Crippen molar-refractivity contribution in [1.82, 2.24) is 15.3 Å². The number of phosphoric ester groups is 1. The third-order valence-corrected chi connectivity index (χ3v) is 11.0. The molecule has 0 bridgehead atoms. The number of hydrogen-bond acceptors (Lipinski definition) is 17. The fourth-order valence-corrected chi connectivity index (χ4v) is 8.46. The van der Waals surface area contributed by atoms with Gasteiger partial charge in [-0.15, -0.1) is 11.3 Å². The summed E-state index contributed by atoms with van der Waals surface area (Å²) >= 11 is 6.05. The predicted molar refractivity (Wildman–Crippen MR) is 141 cm³/mol. The van der Waals surface area contributed by atoms with Crippen molar-refractivity contribution in [3.63, 3.8) is 0 Å². The van der Waals surface area contributed by atoms with Crippen molar-refractivity contribution in [3.8, 4) is 0 Å². The summed E-state index contributed by atoms with van der Waals surface area (Å²) in [5, 5.41) is 54.3. The molecule has 0 aromatic carbocycles. The van der Waals surface area contributed by atoms with Crippen molar-refractivity contribution in [2.75, 3.05) is 26.0 Å². The van der Waals surface area contributed by atoms with Crippen LogP contribution in [0.4, 0.5) is 10.2 Å². The van der Waals surface area contributed by atoms with Crippen LogP contribution in [0.5, 0.6) is 0 Å². The highest BCUT2D eigenvalue weighted by Crippen LogP contribution is 2.62. The van der Waals surface area contributed by atoms with Gasteiger partial charge in [0, 0.05) is 5.56 Å². The summed E-state index contributed by atoms with van der Waals surface area (Å²) in [5.41, 5.74) is 7.01. The molecule has 2 aromatic heterocycles. The summed E-state index contributed by atoms with van der Waals surface area (Å²) in [6, 6.07) is -0.680. The van der Waals surface area contributed by atoms with E-state index in [0.29, 0.717) is 15.8 Å². The Morgan fingerprint density at radius 1 is 1.20 bits per heavy atom. The number of anilines is 1. The van der Waals surface area contributed by atoms with E-state index in [1.54, 1.807) is 12.4 Å². The van der Waals surface area contributed by atoms with E-state index in [1.165, 1.54) is 17.7 Å². The van der Waals surface area contributed by atoms with Gasteiger partial charge in [0.25, 0.3) is 0 Å². The molecule has 41 heavy (non-hydrogen) atoms. The summed E-state index contributed by atoms with van der Waals surface area (Å²) in [6.45, 7) is -6.38. The van der Waals surface area contributed by atoms with Crippen LogP contribution in [0.25, 0.3) is 10.2 Å². The molecule has 0 saturated carbocycles. The zero-order valence-electron chi connectivity index (χ0n) is 21.0. The maximum Gasteiger partial charge on any atom is 0.481 e. The minimum atomic E-state index is -5.44. The number of phosphoric acid groups is 1. The van der Waals surface area contributed by atoms with E-state index in [-0.39, 0.29) is 5.82 Å². The molecular formula is C19H29FN4O13P2S2. The van der Waals surface area contributed by atoms with Gasteiger partial charge in [0.2, 0.25) is 0 Å². The normalized spacial score (nSPS) is 36.2. The topological polar surface area (TPSA) is 269 Å². The minimum Gasteiger partial charge on any atom is -0.393 e. The molecule has 2 saturated heterocycles. The minimum absolute atomic E-state index is 0.268. The summed E-state index contributed by atoms with van der Waals surface area (Å²) < 4.78 is 52.2. The quantitative estimate of drug-likeness (QED) is 0.119. The monoisotopic (exact) mass is 666 g/mol. The number of aromatic nitrogens is 2. The standard InChI is InChI=1S/C19H29FN4O13P2S2/c1-22-10-11(26)8(34-15(10)6-4-41-17-9(6)23-5-24-18(17)21)3-33-39(32,40)37-38(30,31)36-19-14(29)12(27)13(28)16(35-19)7(20)2-25/h4-5,7-8,10-16,19,22,25-29H,2-3H2,1H3,(H,30,31)(H,32,40)(H2,21,23,24)/t7-,8+,10+,11+,12?,13?,14?,15-,16?,19?,39?/m0/s1. The molecule has 0 aliphatic carbocycles. The number of nitrogens with zero attached hydrogens (tertiary/aromatic N) is 2. The number of thiophene rings is 1. The number of aliphatic hydroxyl groups is 5. The van der Waals surface area contributed by atoms with Gasteiger partial charge in [0.15, 0.2) is 12.5 Å². The molecule has 232 valence electrons. The second kappa shape index (κ2) is 13.0. The van der Waals surface area contributed by atoms with Gasteiger partial charge in [-0.1, -0.05) is 0 Å². The van der Waals surface area contributed by atoms with E-state index in [9.17, 15) is 39.2 Å². The van der Waals surface area contributed by atoms with E-state index in [2.05, 4.69) is 24.1 Å². The number of nitrogen functional groups attached to an aromatic ring is 1. The number of hydrogen-bond donors (Lipinski definition) is 9. The number of halogens is 1. The van der Waals surface area contributed by atoms with Crippen LogP contribution in [0.3, 0.4) is 0 Å². The number of nitrogens with one attached hydrogen (secondary N) is 1. The number of ether oxygens (including phenoxy) is 2. The summed E-state index contributed by atoms with van der Waals surface area (Å²) in [7, 11) is -3.86. The van der Waals surface area contributed by atoms with E-state index < -0.39 is 89.0 Å². The summed E-state index contributed by atoms with van der Waals surface area (Å²) in [6.07, 6.45) is -14.6. The molecule has 4 rings (SSSR count). The molecule has 17 nitrogen and oxygen atoms in total. The second-order valence-corrected chi connectivity index (χ2v) is 14.3. The van der Waals surface area contributed by atoms with E-state index in [0.717, 1.165) is 0 Å². The fraction of sp³-hybridized carbons (Fsp3) is 0.684. The second-order valence-electron chi connectivity index (χ2n) is 9.09. The van der Waals surface area contributed by atoms with Gasteiger partial charge < -0.3 is 60.4 Å². The third kappa shape index (κ3) is 7.11. The lowest BCUT2D eigenvalue weighted by Crippen LogP contribution is -2.60. The van der Waals surface area contributed by atoms with Crippen LogP contribution >= 0.6 is 25.9 Å². The van der Waals surface area contributed by atoms with Crippen LogP contribution in [0.15, 0.2) is 11.7 Å². The molecule has 2 aliphatic rings. The van der Waals surface area contributed by atoms with Gasteiger partial charge in [-0.25, -0.2) is 23.2 Å². The number of likely N-dealkylation sites (N-methyl/N-ethyl adjacent to an activating group) is 1. The first kappa shape index (κ1) is 33.0. The van der Waals surface area contributed by atoms with Crippen LogP contribution in [0, 0.1) is 0 Å². The van der Waals surface area contributed by atoms with Crippen LogP contribution in [-0.4, -0.2) is 121 Å². The molecule has 0 amide bonds. The van der Waals surface area contributed by atoms with E-state index in [4.69, 9.17) is 36.6 Å². The Morgan fingerprint density at radius 2 is 1.90 bits per heavy atom. The highest BCUT2D eigenvalue weighted by molar-refractivity contribution is 8.08. The Labute approximate surface area is 240 Å². The number of fused-ring (bicyclic) bond motifs is 1. The lowest BCUT2D eigenvalue weighted by atomic mass is 9.96. The van der Waals surface area contributed by atoms with Gasteiger partial charge in [-0.3, -0.25) is 4.52 Å². The average Bonchev–Trinajstić information content (AvgIpc) is 3.47. The Morgan fingerprint density at radius 3 is 2.56 bits per heavy atom. The van der Waals surface area contributed by atoms with Crippen molar-refractivity contribution < 1.29 is 67.1 Å². The fourth-order valence-electron chi connectivity index (χ4n) is 4.42. The van der Waals surface area contributed by atoms with Gasteiger partial charge in [-0.05, 0) is 24.2 Å². The molecule has 7 unspecified atom stereocenters. The first-order valence-electron chi connectivity index (χ1n) is 11.8. The number of alkyl halides is 1. The zero-order valence-corrected chi connectivity index (χ0v) is 24.4. The predicted octanol–water partition coefficient (Wildman–Crippen LogP) is -1.83. The van der Waals surface area contributed by atoms with Gasteiger partial charge in [0.1, 0.15) is 54.9 Å². The number of rotatable bonds is 11. The number of nitrogens with two attached hydrogens (primary N) is 1. The van der Waals surface area contributed by atoms with Crippen LogP contribution in [0.2, 0.25) is 0 Å². The Kier molecular flexibility index (Phi) is 10.5. The van der Waals surface area contributed by atoms with Crippen molar-refractivity contribution in [1.29, 1.82) is 0 Å². The molecule has 2 fully saturated rings.